The molecule has 2 heterocycles. The van der Waals surface area contributed by atoms with Crippen molar-refractivity contribution in [2.24, 2.45) is 0 Å². The van der Waals surface area contributed by atoms with E-state index in [4.69, 9.17) is 0 Å². The Morgan fingerprint density at radius 2 is 2.00 bits per heavy atom. The number of rotatable bonds is 3. The molecule has 116 valence electrons. The van der Waals surface area contributed by atoms with Gasteiger partial charge in [-0.2, -0.15) is 0 Å². The summed E-state index contributed by atoms with van der Waals surface area (Å²) in [5, 5.41) is 11.7. The first-order valence-electron chi connectivity index (χ1n) is 7.39. The van der Waals surface area contributed by atoms with Crippen molar-refractivity contribution >= 4 is 35.3 Å². The summed E-state index contributed by atoms with van der Waals surface area (Å²) < 4.78 is 4.35. The van der Waals surface area contributed by atoms with Gasteiger partial charge in [-0.25, -0.2) is 0 Å². The standard InChI is InChI=1S/C18H15BrN2OSe/c19-14-6-4-5-13(11-14)18(22)16(12-21-10-9-20-17(18)21)23-15-7-2-1-3-8-15/h1-11,16,22H,12H2/t16-,18-/m1/s1. The van der Waals surface area contributed by atoms with Crippen molar-refractivity contribution < 1.29 is 5.11 Å². The number of aromatic nitrogens is 2. The molecule has 23 heavy (non-hydrogen) atoms. The van der Waals surface area contributed by atoms with Crippen LogP contribution in [0.1, 0.15) is 11.4 Å². The second-order valence-electron chi connectivity index (χ2n) is 5.60. The van der Waals surface area contributed by atoms with E-state index in [-0.39, 0.29) is 19.8 Å². The van der Waals surface area contributed by atoms with Crippen molar-refractivity contribution in [3.63, 3.8) is 0 Å². The Labute approximate surface area is 149 Å². The van der Waals surface area contributed by atoms with Crippen LogP contribution in [0.25, 0.3) is 0 Å². The molecular formula is C18H15BrN2OSe. The van der Waals surface area contributed by atoms with E-state index in [9.17, 15) is 5.11 Å². The first-order valence-corrected chi connectivity index (χ1v) is 10.0. The molecule has 5 heteroatoms. The number of benzene rings is 2. The zero-order valence-electron chi connectivity index (χ0n) is 12.3. The third kappa shape index (κ3) is 2.58. The molecule has 4 rings (SSSR count). The molecule has 0 saturated heterocycles. The summed E-state index contributed by atoms with van der Waals surface area (Å²) >= 11 is 3.67. The second-order valence-corrected chi connectivity index (χ2v) is 9.19. The van der Waals surface area contributed by atoms with Crippen molar-refractivity contribution in [3.05, 3.63) is 82.9 Å². The predicted octanol–water partition coefficient (Wildman–Crippen LogP) is 2.71. The van der Waals surface area contributed by atoms with E-state index >= 15 is 0 Å². The fraction of sp³-hybridized carbons (Fsp3) is 0.167. The van der Waals surface area contributed by atoms with Gasteiger partial charge < -0.3 is 0 Å². The van der Waals surface area contributed by atoms with Gasteiger partial charge in [0.2, 0.25) is 0 Å². The molecule has 0 spiro atoms. The third-order valence-corrected chi connectivity index (χ3v) is 7.43. The minimum absolute atomic E-state index is 0.121. The summed E-state index contributed by atoms with van der Waals surface area (Å²) in [5.41, 5.74) is -0.136. The van der Waals surface area contributed by atoms with Crippen molar-refractivity contribution in [3.8, 4) is 0 Å². The van der Waals surface area contributed by atoms with Crippen molar-refractivity contribution in [2.45, 2.75) is 17.0 Å². The predicted molar refractivity (Wildman–Crippen MR) is 94.9 cm³/mol. The molecule has 0 unspecified atom stereocenters. The summed E-state index contributed by atoms with van der Waals surface area (Å²) in [4.78, 5) is 4.58. The molecule has 0 amide bonds. The summed E-state index contributed by atoms with van der Waals surface area (Å²) in [6.07, 6.45) is 3.73. The normalized spacial score (nSPS) is 23.0. The van der Waals surface area contributed by atoms with Crippen LogP contribution in [-0.4, -0.2) is 29.6 Å². The number of fused-ring (bicyclic) bond motifs is 1. The van der Waals surface area contributed by atoms with Crippen LogP contribution in [0.3, 0.4) is 0 Å². The number of halogens is 1. The van der Waals surface area contributed by atoms with Gasteiger partial charge in [0.05, 0.1) is 0 Å². The Morgan fingerprint density at radius 1 is 1.17 bits per heavy atom. The van der Waals surface area contributed by atoms with Crippen LogP contribution in [0.5, 0.6) is 0 Å². The van der Waals surface area contributed by atoms with E-state index in [1.165, 1.54) is 4.46 Å². The SMILES string of the molecule is O[C@@]1(c2cccc(Br)c2)c2nccn2C[C@H]1[Se]c1ccccc1. The van der Waals surface area contributed by atoms with Crippen LogP contribution in [0.4, 0.5) is 0 Å². The van der Waals surface area contributed by atoms with E-state index in [0.717, 1.165) is 22.4 Å². The Hall–Kier alpha value is -1.39. The molecule has 1 N–H and O–H groups in total. The van der Waals surface area contributed by atoms with E-state index < -0.39 is 5.60 Å². The monoisotopic (exact) mass is 434 g/mol. The first kappa shape index (κ1) is 15.2. The van der Waals surface area contributed by atoms with Gasteiger partial charge >= 0.3 is 150 Å². The number of nitrogens with zero attached hydrogens (tertiary/aromatic N) is 2. The summed E-state index contributed by atoms with van der Waals surface area (Å²) in [6.45, 7) is 0.799. The van der Waals surface area contributed by atoms with Crippen LogP contribution in [0, 0.1) is 0 Å². The van der Waals surface area contributed by atoms with Crippen LogP contribution >= 0.6 is 15.9 Å². The Kier molecular flexibility index (Phi) is 3.90. The molecule has 1 aliphatic heterocycles. The molecule has 0 bridgehead atoms. The van der Waals surface area contributed by atoms with Gasteiger partial charge in [-0.15, -0.1) is 0 Å². The molecule has 3 aromatic rings. The zero-order chi connectivity index (χ0) is 15.9. The van der Waals surface area contributed by atoms with Crippen LogP contribution < -0.4 is 4.46 Å². The quantitative estimate of drug-likeness (QED) is 0.645. The van der Waals surface area contributed by atoms with Gasteiger partial charge in [0.15, 0.2) is 0 Å². The van der Waals surface area contributed by atoms with Crippen molar-refractivity contribution in [1.82, 2.24) is 9.55 Å². The molecule has 2 aromatic carbocycles. The maximum atomic E-state index is 11.7. The molecule has 1 aromatic heterocycles. The summed E-state index contributed by atoms with van der Waals surface area (Å²) in [6, 6.07) is 18.4. The molecule has 0 fully saturated rings. The van der Waals surface area contributed by atoms with Crippen LogP contribution in [0.15, 0.2) is 71.5 Å². The van der Waals surface area contributed by atoms with E-state index in [1.807, 2.05) is 36.5 Å². The molecule has 1 aliphatic rings. The summed E-state index contributed by atoms with van der Waals surface area (Å²) in [5.74, 6) is 0.749. The van der Waals surface area contributed by atoms with Crippen LogP contribution in [0.2, 0.25) is 4.82 Å². The van der Waals surface area contributed by atoms with E-state index in [2.05, 4.69) is 49.7 Å². The first-order chi connectivity index (χ1) is 11.2. The van der Waals surface area contributed by atoms with Crippen LogP contribution in [-0.2, 0) is 12.1 Å². The molecule has 0 aliphatic carbocycles. The number of imidazole rings is 1. The molecular weight excluding hydrogens is 419 g/mol. The number of hydrogen-bond acceptors (Lipinski definition) is 2. The summed E-state index contributed by atoms with van der Waals surface area (Å²) in [7, 11) is 0. The average molecular weight is 434 g/mol. The van der Waals surface area contributed by atoms with Crippen molar-refractivity contribution in [2.75, 3.05) is 0 Å². The number of aliphatic hydroxyl groups is 1. The van der Waals surface area contributed by atoms with Gasteiger partial charge in [-0.3, -0.25) is 0 Å². The molecule has 2 atom stereocenters. The fourth-order valence-corrected chi connectivity index (χ4v) is 6.18. The third-order valence-electron chi connectivity index (χ3n) is 4.17. The van der Waals surface area contributed by atoms with Gasteiger partial charge in [0.1, 0.15) is 0 Å². The average Bonchev–Trinajstić information content (AvgIpc) is 3.12. The molecule has 0 radical (unpaired) electrons. The topological polar surface area (TPSA) is 38.1 Å². The van der Waals surface area contributed by atoms with E-state index in [0.29, 0.717) is 0 Å². The molecule has 3 nitrogen and oxygen atoms in total. The maximum absolute atomic E-state index is 11.7. The van der Waals surface area contributed by atoms with Crippen molar-refractivity contribution in [1.29, 1.82) is 0 Å². The van der Waals surface area contributed by atoms with Gasteiger partial charge in [0, 0.05) is 0 Å². The van der Waals surface area contributed by atoms with Gasteiger partial charge in [-0.05, 0) is 0 Å². The van der Waals surface area contributed by atoms with E-state index in [1.54, 1.807) is 6.20 Å². The minimum atomic E-state index is -1.04. The molecule has 0 saturated carbocycles. The zero-order valence-corrected chi connectivity index (χ0v) is 15.6. The Balaban J connectivity index is 1.79. The second kappa shape index (κ2) is 5.91. The Morgan fingerprint density at radius 3 is 2.78 bits per heavy atom. The van der Waals surface area contributed by atoms with Gasteiger partial charge in [0.25, 0.3) is 0 Å². The fourth-order valence-electron chi connectivity index (χ4n) is 3.08. The van der Waals surface area contributed by atoms with Gasteiger partial charge in [-0.1, -0.05) is 0 Å². The Bertz CT molecular complexity index is 836. The number of hydrogen-bond donors (Lipinski definition) is 1.